The fourth-order valence-corrected chi connectivity index (χ4v) is 9.12. The van der Waals surface area contributed by atoms with Gasteiger partial charge >= 0.3 is 5.97 Å². The van der Waals surface area contributed by atoms with Gasteiger partial charge in [0.15, 0.2) is 17.5 Å². The van der Waals surface area contributed by atoms with Gasteiger partial charge in [-0.05, 0) is 39.5 Å². The van der Waals surface area contributed by atoms with Crippen molar-refractivity contribution < 1.29 is 32.6 Å². The van der Waals surface area contributed by atoms with Gasteiger partial charge in [-0.25, -0.2) is 13.2 Å². The predicted molar refractivity (Wildman–Crippen MR) is 131 cm³/mol. The highest BCUT2D eigenvalue weighted by molar-refractivity contribution is 6.99. The fourth-order valence-electron chi connectivity index (χ4n) is 4.55. The Morgan fingerprint density at radius 2 is 1.37 bits per heavy atom. The molecule has 0 unspecified atom stereocenters. The molecule has 0 saturated carbocycles. The first-order valence-electron chi connectivity index (χ1n) is 11.3. The Morgan fingerprint density at radius 1 is 0.914 bits per heavy atom. The van der Waals surface area contributed by atoms with Crippen molar-refractivity contribution in [2.24, 2.45) is 0 Å². The van der Waals surface area contributed by atoms with E-state index in [-0.39, 0.29) is 23.6 Å². The number of carboxylic acids is 1. The molecule has 0 amide bonds. The van der Waals surface area contributed by atoms with Gasteiger partial charge in [0.25, 0.3) is 8.32 Å². The average molecular weight is 503 g/mol. The van der Waals surface area contributed by atoms with Gasteiger partial charge in [-0.3, -0.25) is 4.79 Å². The molecule has 35 heavy (non-hydrogen) atoms. The average Bonchev–Trinajstić information content (AvgIpc) is 2.80. The third-order valence-electron chi connectivity index (χ3n) is 6.17. The minimum absolute atomic E-state index is 0.00435. The monoisotopic (exact) mass is 502 g/mol. The van der Waals surface area contributed by atoms with Crippen LogP contribution in [0.5, 0.6) is 0 Å². The summed E-state index contributed by atoms with van der Waals surface area (Å²) in [7, 11) is -2.91. The molecule has 0 saturated heterocycles. The Hall–Kier alpha value is -2.94. The highest BCUT2D eigenvalue weighted by atomic mass is 28.4. The van der Waals surface area contributed by atoms with E-state index < -0.39 is 43.8 Å². The number of benzene rings is 3. The second-order valence-electron chi connectivity index (χ2n) is 9.48. The quantitative estimate of drug-likeness (QED) is 0.332. The Balaban J connectivity index is 1.92. The zero-order chi connectivity index (χ0) is 25.8. The molecular weight excluding hydrogens is 473 g/mol. The molecule has 186 valence electrons. The van der Waals surface area contributed by atoms with E-state index in [9.17, 15) is 28.2 Å². The molecule has 0 bridgehead atoms. The molecule has 3 rings (SSSR count). The number of hydrogen-bond acceptors (Lipinski definition) is 3. The maximum atomic E-state index is 13.7. The van der Waals surface area contributed by atoms with Crippen molar-refractivity contribution in [2.45, 2.75) is 44.3 Å². The van der Waals surface area contributed by atoms with Gasteiger partial charge in [0.05, 0.1) is 6.10 Å². The molecule has 0 heterocycles. The fraction of sp³-hybridized carbons (Fsp3) is 0.296. The maximum Gasteiger partial charge on any atom is 0.313 e. The van der Waals surface area contributed by atoms with Crippen LogP contribution in [-0.2, 0) is 9.22 Å². The van der Waals surface area contributed by atoms with Crippen molar-refractivity contribution >= 4 is 24.7 Å². The predicted octanol–water partition coefficient (Wildman–Crippen LogP) is 4.60. The van der Waals surface area contributed by atoms with E-state index >= 15 is 0 Å². The van der Waals surface area contributed by atoms with Gasteiger partial charge in [-0.2, -0.15) is 0 Å². The van der Waals surface area contributed by atoms with E-state index in [1.165, 1.54) is 0 Å². The molecule has 0 radical (unpaired) electrons. The first kappa shape index (κ1) is 26.7. The number of rotatable bonds is 9. The van der Waals surface area contributed by atoms with Gasteiger partial charge < -0.3 is 14.6 Å². The topological polar surface area (TPSA) is 66.8 Å². The molecule has 2 atom stereocenters. The second kappa shape index (κ2) is 10.8. The van der Waals surface area contributed by atoms with Crippen molar-refractivity contribution in [1.29, 1.82) is 0 Å². The lowest BCUT2D eigenvalue weighted by molar-refractivity contribution is -0.141. The van der Waals surface area contributed by atoms with Crippen LogP contribution in [0, 0.1) is 17.5 Å². The summed E-state index contributed by atoms with van der Waals surface area (Å²) in [6.07, 6.45) is -1.63. The van der Waals surface area contributed by atoms with E-state index in [4.69, 9.17) is 4.43 Å². The van der Waals surface area contributed by atoms with Crippen LogP contribution >= 0.6 is 0 Å². The van der Waals surface area contributed by atoms with Crippen LogP contribution < -0.4 is 10.4 Å². The summed E-state index contributed by atoms with van der Waals surface area (Å²) in [5, 5.41) is 22.1. The molecule has 0 aliphatic heterocycles. The van der Waals surface area contributed by atoms with Crippen LogP contribution in [0.3, 0.4) is 0 Å². The maximum absolute atomic E-state index is 13.7. The number of aliphatic carboxylic acids is 1. The SMILES string of the molecule is CC(C)(C)[Si](OCC[C@H](O)[C@@H](C(=O)O)c1cc(F)c(F)c(F)c1)(c1ccccc1)c1ccccc1. The van der Waals surface area contributed by atoms with E-state index in [0.717, 1.165) is 10.4 Å². The summed E-state index contributed by atoms with van der Waals surface area (Å²) in [5.41, 5.74) is -0.355. The van der Waals surface area contributed by atoms with E-state index in [1.807, 2.05) is 60.7 Å². The molecule has 0 fully saturated rings. The summed E-state index contributed by atoms with van der Waals surface area (Å²) in [6.45, 7) is 6.25. The van der Waals surface area contributed by atoms with Crippen LogP contribution in [-0.4, -0.2) is 37.2 Å². The first-order valence-corrected chi connectivity index (χ1v) is 13.2. The molecule has 4 nitrogen and oxygen atoms in total. The number of halogens is 3. The van der Waals surface area contributed by atoms with Crippen LogP contribution in [0.15, 0.2) is 72.8 Å². The van der Waals surface area contributed by atoms with Crippen molar-refractivity contribution in [2.75, 3.05) is 6.61 Å². The minimum atomic E-state index is -2.91. The summed E-state index contributed by atoms with van der Waals surface area (Å²) in [6, 6.07) is 20.8. The Labute approximate surface area is 204 Å². The number of aliphatic hydroxyl groups is 1. The standard InChI is InChI=1S/C27H29F3O4Si/c1-27(2,3)35(19-10-6-4-7-11-19,20-12-8-5-9-13-20)34-15-14-23(31)24(26(32)33)18-16-21(28)25(30)22(29)17-18/h4-13,16-17,23-24,31H,14-15H2,1-3H3,(H,32,33)/t23-,24-/m0/s1. The molecule has 3 aromatic rings. The first-order chi connectivity index (χ1) is 16.5. The Bertz CT molecular complexity index is 1090. The normalized spacial score (nSPS) is 13.9. The van der Waals surface area contributed by atoms with E-state index in [2.05, 4.69) is 20.8 Å². The molecule has 0 aliphatic rings. The van der Waals surface area contributed by atoms with Gasteiger partial charge in [-0.1, -0.05) is 81.4 Å². The van der Waals surface area contributed by atoms with Crippen LogP contribution in [0.2, 0.25) is 5.04 Å². The molecule has 8 heteroatoms. The zero-order valence-electron chi connectivity index (χ0n) is 19.8. The number of hydrogen-bond donors (Lipinski definition) is 2. The molecular formula is C27H29F3O4Si. The number of aliphatic hydroxyl groups excluding tert-OH is 1. The van der Waals surface area contributed by atoms with Crippen molar-refractivity contribution in [3.63, 3.8) is 0 Å². The van der Waals surface area contributed by atoms with E-state index in [1.54, 1.807) is 0 Å². The van der Waals surface area contributed by atoms with Crippen LogP contribution in [0.25, 0.3) is 0 Å². The summed E-state index contributed by atoms with van der Waals surface area (Å²) in [4.78, 5) is 11.9. The largest absolute Gasteiger partial charge is 0.481 e. The number of carboxylic acid groups (broad SMARTS) is 1. The lowest BCUT2D eigenvalue weighted by atomic mass is 9.91. The lowest BCUT2D eigenvalue weighted by Gasteiger charge is -2.43. The Morgan fingerprint density at radius 3 is 1.77 bits per heavy atom. The molecule has 2 N–H and O–H groups in total. The van der Waals surface area contributed by atoms with Gasteiger partial charge in [0.2, 0.25) is 0 Å². The van der Waals surface area contributed by atoms with Gasteiger partial charge in [0, 0.05) is 6.61 Å². The van der Waals surface area contributed by atoms with Crippen LogP contribution in [0.1, 0.15) is 38.7 Å². The van der Waals surface area contributed by atoms with Gasteiger partial charge in [0.1, 0.15) is 5.92 Å². The van der Waals surface area contributed by atoms with E-state index in [0.29, 0.717) is 12.1 Å². The summed E-state index contributed by atoms with van der Waals surface area (Å²) in [5.74, 6) is -7.85. The summed E-state index contributed by atoms with van der Waals surface area (Å²) < 4.78 is 47.5. The molecule has 0 aromatic heterocycles. The smallest absolute Gasteiger partial charge is 0.313 e. The third kappa shape index (κ3) is 5.50. The highest BCUT2D eigenvalue weighted by Gasteiger charge is 2.50. The van der Waals surface area contributed by atoms with Gasteiger partial charge in [-0.15, -0.1) is 0 Å². The third-order valence-corrected chi connectivity index (χ3v) is 11.2. The number of carbonyl (C=O) groups is 1. The molecule has 0 aliphatic carbocycles. The Kier molecular flexibility index (Phi) is 8.20. The van der Waals surface area contributed by atoms with Crippen molar-refractivity contribution in [3.05, 3.63) is 95.8 Å². The van der Waals surface area contributed by atoms with Crippen molar-refractivity contribution in [1.82, 2.24) is 0 Å². The minimum Gasteiger partial charge on any atom is -0.481 e. The lowest BCUT2D eigenvalue weighted by Crippen LogP contribution is -2.66. The van der Waals surface area contributed by atoms with Crippen LogP contribution in [0.4, 0.5) is 13.2 Å². The molecule has 3 aromatic carbocycles. The second-order valence-corrected chi connectivity index (χ2v) is 13.8. The summed E-state index contributed by atoms with van der Waals surface area (Å²) >= 11 is 0. The highest BCUT2D eigenvalue weighted by Crippen LogP contribution is 2.37. The van der Waals surface area contributed by atoms with Crippen molar-refractivity contribution in [3.8, 4) is 0 Å². The molecule has 0 spiro atoms. The zero-order valence-corrected chi connectivity index (χ0v) is 20.8.